The van der Waals surface area contributed by atoms with Crippen molar-refractivity contribution < 1.29 is 9.32 Å². The molecule has 1 aliphatic rings. The molecule has 0 aromatic carbocycles. The second kappa shape index (κ2) is 6.58. The van der Waals surface area contributed by atoms with E-state index in [0.29, 0.717) is 30.6 Å². The number of nitrogens with zero attached hydrogens (tertiary/aromatic N) is 4. The van der Waals surface area contributed by atoms with Crippen LogP contribution in [0.25, 0.3) is 10.7 Å². The Morgan fingerprint density at radius 1 is 1.55 bits per heavy atom. The lowest BCUT2D eigenvalue weighted by molar-refractivity contribution is -0.127. The van der Waals surface area contributed by atoms with Crippen LogP contribution < -0.4 is 0 Å². The SMILES string of the molecule is CCN1C[C@@H](CN(C)Cc2nc(-c3cccs3)no2)CC1=O. The zero-order chi connectivity index (χ0) is 15.5. The topological polar surface area (TPSA) is 62.5 Å². The van der Waals surface area contributed by atoms with Gasteiger partial charge in [0.05, 0.1) is 11.4 Å². The third-order valence-electron chi connectivity index (χ3n) is 3.86. The van der Waals surface area contributed by atoms with Crippen LogP contribution in [0.5, 0.6) is 0 Å². The molecular formula is C15H20N4O2S. The molecule has 0 saturated carbocycles. The molecule has 6 nitrogen and oxygen atoms in total. The molecule has 0 bridgehead atoms. The molecule has 3 heterocycles. The summed E-state index contributed by atoms with van der Waals surface area (Å²) in [7, 11) is 2.02. The normalized spacial score (nSPS) is 18.6. The Morgan fingerprint density at radius 2 is 2.41 bits per heavy atom. The predicted molar refractivity (Wildman–Crippen MR) is 84.3 cm³/mol. The number of carbonyl (C=O) groups is 1. The number of thiophene rings is 1. The Balaban J connectivity index is 1.54. The average Bonchev–Trinajstić information content (AvgIpc) is 3.19. The van der Waals surface area contributed by atoms with Crippen molar-refractivity contribution in [3.8, 4) is 10.7 Å². The third kappa shape index (κ3) is 3.36. The number of rotatable bonds is 6. The van der Waals surface area contributed by atoms with Gasteiger partial charge in [-0.3, -0.25) is 9.69 Å². The van der Waals surface area contributed by atoms with Gasteiger partial charge in [-0.15, -0.1) is 11.3 Å². The van der Waals surface area contributed by atoms with Gasteiger partial charge in [-0.1, -0.05) is 11.2 Å². The minimum absolute atomic E-state index is 0.263. The monoisotopic (exact) mass is 320 g/mol. The molecule has 22 heavy (non-hydrogen) atoms. The van der Waals surface area contributed by atoms with Gasteiger partial charge in [0, 0.05) is 26.1 Å². The van der Waals surface area contributed by atoms with Crippen LogP contribution in [0, 0.1) is 5.92 Å². The quantitative estimate of drug-likeness (QED) is 0.815. The molecule has 0 aliphatic carbocycles. The Morgan fingerprint density at radius 3 is 3.09 bits per heavy atom. The van der Waals surface area contributed by atoms with E-state index in [0.717, 1.165) is 24.5 Å². The second-order valence-corrected chi connectivity index (χ2v) is 6.64. The average molecular weight is 320 g/mol. The highest BCUT2D eigenvalue weighted by molar-refractivity contribution is 7.13. The molecule has 0 radical (unpaired) electrons. The Bertz CT molecular complexity index is 625. The van der Waals surface area contributed by atoms with Crippen LogP contribution >= 0.6 is 11.3 Å². The molecule has 3 rings (SSSR count). The first-order valence-electron chi connectivity index (χ1n) is 7.48. The van der Waals surface area contributed by atoms with E-state index in [9.17, 15) is 4.79 Å². The second-order valence-electron chi connectivity index (χ2n) is 5.69. The minimum atomic E-state index is 0.263. The molecule has 1 aliphatic heterocycles. The van der Waals surface area contributed by atoms with Crippen LogP contribution in [0.15, 0.2) is 22.0 Å². The van der Waals surface area contributed by atoms with Crippen LogP contribution in [-0.2, 0) is 11.3 Å². The zero-order valence-corrected chi connectivity index (χ0v) is 13.7. The van der Waals surface area contributed by atoms with E-state index < -0.39 is 0 Å². The van der Waals surface area contributed by atoms with Crippen molar-refractivity contribution >= 4 is 17.2 Å². The summed E-state index contributed by atoms with van der Waals surface area (Å²) in [5.74, 6) is 1.91. The van der Waals surface area contributed by atoms with Gasteiger partial charge in [0.1, 0.15) is 0 Å². The molecule has 0 spiro atoms. The van der Waals surface area contributed by atoms with E-state index >= 15 is 0 Å². The molecule has 1 fully saturated rings. The van der Waals surface area contributed by atoms with Crippen LogP contribution in [0.3, 0.4) is 0 Å². The number of hydrogen-bond donors (Lipinski definition) is 0. The summed E-state index contributed by atoms with van der Waals surface area (Å²) in [5, 5.41) is 6.01. The van der Waals surface area contributed by atoms with Crippen LogP contribution in [0.2, 0.25) is 0 Å². The first-order chi connectivity index (χ1) is 10.7. The fourth-order valence-corrected chi connectivity index (χ4v) is 3.49. The van der Waals surface area contributed by atoms with Gasteiger partial charge in [-0.05, 0) is 31.3 Å². The smallest absolute Gasteiger partial charge is 0.241 e. The van der Waals surface area contributed by atoms with Crippen molar-refractivity contribution in [2.24, 2.45) is 5.92 Å². The van der Waals surface area contributed by atoms with E-state index in [1.54, 1.807) is 11.3 Å². The van der Waals surface area contributed by atoms with Gasteiger partial charge in [0.15, 0.2) is 0 Å². The predicted octanol–water partition coefficient (Wildman–Crippen LogP) is 2.10. The lowest BCUT2D eigenvalue weighted by Gasteiger charge is -2.19. The number of amides is 1. The highest BCUT2D eigenvalue weighted by Gasteiger charge is 2.29. The lowest BCUT2D eigenvalue weighted by atomic mass is 10.1. The van der Waals surface area contributed by atoms with Crippen molar-refractivity contribution in [3.63, 3.8) is 0 Å². The van der Waals surface area contributed by atoms with Crippen molar-refractivity contribution in [3.05, 3.63) is 23.4 Å². The maximum atomic E-state index is 11.8. The summed E-state index contributed by atoms with van der Waals surface area (Å²) in [5.41, 5.74) is 0. The lowest BCUT2D eigenvalue weighted by Crippen LogP contribution is -2.28. The van der Waals surface area contributed by atoms with Crippen molar-refractivity contribution in [2.45, 2.75) is 19.9 Å². The summed E-state index contributed by atoms with van der Waals surface area (Å²) >= 11 is 1.60. The zero-order valence-electron chi connectivity index (χ0n) is 12.9. The Kier molecular flexibility index (Phi) is 4.54. The number of likely N-dealkylation sites (tertiary alicyclic amines) is 1. The summed E-state index contributed by atoms with van der Waals surface area (Å²) in [6.07, 6.45) is 0.641. The van der Waals surface area contributed by atoms with Gasteiger partial charge in [0.2, 0.25) is 17.6 Å². The van der Waals surface area contributed by atoms with E-state index in [1.165, 1.54) is 0 Å². The number of aromatic nitrogens is 2. The maximum Gasteiger partial charge on any atom is 0.241 e. The maximum absolute atomic E-state index is 11.8. The summed E-state index contributed by atoms with van der Waals surface area (Å²) in [4.78, 5) is 21.3. The molecule has 1 amide bonds. The number of hydrogen-bond acceptors (Lipinski definition) is 6. The minimum Gasteiger partial charge on any atom is -0.343 e. The van der Waals surface area contributed by atoms with Gasteiger partial charge in [-0.25, -0.2) is 0 Å². The highest BCUT2D eigenvalue weighted by atomic mass is 32.1. The van der Waals surface area contributed by atoms with Gasteiger partial charge >= 0.3 is 0 Å². The summed E-state index contributed by atoms with van der Waals surface area (Å²) in [6, 6.07) is 3.95. The highest BCUT2D eigenvalue weighted by Crippen LogP contribution is 2.22. The van der Waals surface area contributed by atoms with E-state index in [-0.39, 0.29) is 5.91 Å². The van der Waals surface area contributed by atoms with Gasteiger partial charge in [-0.2, -0.15) is 4.98 Å². The molecule has 0 N–H and O–H groups in total. The van der Waals surface area contributed by atoms with Crippen molar-refractivity contribution in [1.82, 2.24) is 19.9 Å². The molecule has 1 atom stereocenters. The third-order valence-corrected chi connectivity index (χ3v) is 4.73. The van der Waals surface area contributed by atoms with Crippen LogP contribution in [0.1, 0.15) is 19.2 Å². The largest absolute Gasteiger partial charge is 0.343 e. The molecule has 1 saturated heterocycles. The summed E-state index contributed by atoms with van der Waals surface area (Å²) < 4.78 is 5.31. The molecular weight excluding hydrogens is 300 g/mol. The fraction of sp³-hybridized carbons (Fsp3) is 0.533. The number of carbonyl (C=O) groups excluding carboxylic acids is 1. The van der Waals surface area contributed by atoms with Gasteiger partial charge in [0.25, 0.3) is 0 Å². The fourth-order valence-electron chi connectivity index (χ4n) is 2.84. The molecule has 2 aromatic heterocycles. The summed E-state index contributed by atoms with van der Waals surface area (Å²) in [6.45, 7) is 5.14. The van der Waals surface area contributed by atoms with Crippen molar-refractivity contribution in [1.29, 1.82) is 0 Å². The Hall–Kier alpha value is -1.73. The molecule has 2 aromatic rings. The standard InChI is InChI=1S/C15H20N4O2S/c1-3-19-9-11(7-14(19)20)8-18(2)10-13-16-15(17-21-13)12-5-4-6-22-12/h4-6,11H,3,7-10H2,1-2H3/t11-/m1/s1. The first kappa shape index (κ1) is 15.2. The van der Waals surface area contributed by atoms with Crippen LogP contribution in [-0.4, -0.2) is 52.5 Å². The molecule has 0 unspecified atom stereocenters. The van der Waals surface area contributed by atoms with E-state index in [2.05, 4.69) is 15.0 Å². The van der Waals surface area contributed by atoms with Crippen LogP contribution in [0.4, 0.5) is 0 Å². The van der Waals surface area contributed by atoms with E-state index in [1.807, 2.05) is 36.4 Å². The van der Waals surface area contributed by atoms with Gasteiger partial charge < -0.3 is 9.42 Å². The van der Waals surface area contributed by atoms with Crippen molar-refractivity contribution in [2.75, 3.05) is 26.7 Å². The first-order valence-corrected chi connectivity index (χ1v) is 8.36. The Labute approximate surface area is 133 Å². The van der Waals surface area contributed by atoms with E-state index in [4.69, 9.17) is 4.52 Å². The molecule has 118 valence electrons. The molecule has 7 heteroatoms.